The number of nitrogens with zero attached hydrogens (tertiary/aromatic N) is 4. The highest BCUT2D eigenvalue weighted by molar-refractivity contribution is 6.07. The summed E-state index contributed by atoms with van der Waals surface area (Å²) in [6.45, 7) is 7.14. The second kappa shape index (κ2) is 11.6. The third-order valence-corrected chi connectivity index (χ3v) is 7.01. The molecule has 8 nitrogen and oxygen atoms in total. The second-order valence-electron chi connectivity index (χ2n) is 10.2. The molecule has 3 aromatic rings. The number of carbonyl (C=O) groups excluding carboxylic acids is 1. The first kappa shape index (κ1) is 28.7. The Bertz CT molecular complexity index is 1400. The average molecular weight is 577 g/mol. The zero-order chi connectivity index (χ0) is 29.3. The van der Waals surface area contributed by atoms with Gasteiger partial charge in [-0.15, -0.1) is 0 Å². The first-order valence-electron chi connectivity index (χ1n) is 13.2. The van der Waals surface area contributed by atoms with Gasteiger partial charge in [-0.2, -0.15) is 13.2 Å². The number of ether oxygens (including phenoxy) is 1. The monoisotopic (exact) mass is 576 g/mol. The molecule has 0 bridgehead atoms. The van der Waals surface area contributed by atoms with Crippen molar-refractivity contribution in [1.82, 2.24) is 15.3 Å². The molecule has 41 heavy (non-hydrogen) atoms. The molecular weight excluding hydrogens is 547 g/mol. The van der Waals surface area contributed by atoms with Gasteiger partial charge in [0.05, 0.1) is 35.7 Å². The molecule has 1 amide bonds. The van der Waals surface area contributed by atoms with Crippen molar-refractivity contribution >= 4 is 23.2 Å². The van der Waals surface area contributed by atoms with Crippen molar-refractivity contribution < 1.29 is 31.5 Å². The Balaban J connectivity index is 1.53. The molecule has 1 unspecified atom stereocenters. The molecule has 3 heterocycles. The Kier molecular flexibility index (Phi) is 8.09. The standard InChI is InChI=1S/C28H29F5N6O2/c1-16-14-39(15-17(2)36-16)25-11-23(30)21(18-12-34-27(35-13-18)38-5-7-41-8-6-38)10-24(25)37-26(40)20-4-3-19(29)9-22(20)28(31,32)33/h3-4,9-13,16-17,36H,5-8,14-15H2,1-2H3,(H,37,40)/t16-,17?/m1/s1. The van der Waals surface area contributed by atoms with E-state index >= 15 is 4.39 Å². The lowest BCUT2D eigenvalue weighted by atomic mass is 10.0. The summed E-state index contributed by atoms with van der Waals surface area (Å²) in [6, 6.07) is 4.52. The van der Waals surface area contributed by atoms with Gasteiger partial charge in [-0.25, -0.2) is 18.7 Å². The number of hydrogen-bond donors (Lipinski definition) is 2. The molecule has 13 heteroatoms. The smallest absolute Gasteiger partial charge is 0.378 e. The minimum absolute atomic E-state index is 0.0279. The van der Waals surface area contributed by atoms with E-state index in [0.29, 0.717) is 56.6 Å². The van der Waals surface area contributed by atoms with Crippen molar-refractivity contribution in [3.8, 4) is 11.1 Å². The van der Waals surface area contributed by atoms with E-state index in [0.717, 1.165) is 12.1 Å². The number of aromatic nitrogens is 2. The summed E-state index contributed by atoms with van der Waals surface area (Å²) in [4.78, 5) is 25.7. The van der Waals surface area contributed by atoms with Crippen molar-refractivity contribution in [2.45, 2.75) is 32.1 Å². The molecular formula is C28H29F5N6O2. The highest BCUT2D eigenvalue weighted by Crippen LogP contribution is 2.37. The minimum atomic E-state index is -4.96. The third-order valence-electron chi connectivity index (χ3n) is 7.01. The highest BCUT2D eigenvalue weighted by atomic mass is 19.4. The molecule has 0 aliphatic carbocycles. The maximum atomic E-state index is 15.6. The minimum Gasteiger partial charge on any atom is -0.378 e. The number of alkyl halides is 3. The largest absolute Gasteiger partial charge is 0.417 e. The van der Waals surface area contributed by atoms with Crippen LogP contribution in [0, 0.1) is 11.6 Å². The zero-order valence-electron chi connectivity index (χ0n) is 22.4. The van der Waals surface area contributed by atoms with Crippen LogP contribution in [0.2, 0.25) is 0 Å². The van der Waals surface area contributed by atoms with Crippen LogP contribution in [-0.2, 0) is 10.9 Å². The van der Waals surface area contributed by atoms with E-state index in [1.165, 1.54) is 24.5 Å². The molecule has 2 atom stereocenters. The molecule has 0 spiro atoms. The van der Waals surface area contributed by atoms with Gasteiger partial charge in [0.15, 0.2) is 0 Å². The van der Waals surface area contributed by atoms with Crippen molar-refractivity contribution in [2.24, 2.45) is 0 Å². The number of nitrogens with one attached hydrogen (secondary N) is 2. The maximum Gasteiger partial charge on any atom is 0.417 e. The predicted octanol–water partition coefficient (Wildman–Crippen LogP) is 4.72. The summed E-state index contributed by atoms with van der Waals surface area (Å²) in [6.07, 6.45) is -2.05. The number of hydrogen-bond acceptors (Lipinski definition) is 7. The molecule has 2 aromatic carbocycles. The van der Waals surface area contributed by atoms with Gasteiger partial charge in [-0.05, 0) is 44.2 Å². The Labute approximate surface area is 233 Å². The molecule has 2 fully saturated rings. The van der Waals surface area contributed by atoms with E-state index in [2.05, 4.69) is 20.6 Å². The molecule has 2 aliphatic rings. The van der Waals surface area contributed by atoms with Crippen LogP contribution in [0.5, 0.6) is 0 Å². The van der Waals surface area contributed by atoms with Gasteiger partial charge in [-0.1, -0.05) is 0 Å². The summed E-state index contributed by atoms with van der Waals surface area (Å²) in [5, 5.41) is 5.90. The second-order valence-corrected chi connectivity index (χ2v) is 10.2. The van der Waals surface area contributed by atoms with E-state index in [4.69, 9.17) is 4.74 Å². The number of halogens is 5. The van der Waals surface area contributed by atoms with E-state index in [1.54, 1.807) is 0 Å². The molecule has 1 aromatic heterocycles. The highest BCUT2D eigenvalue weighted by Gasteiger charge is 2.36. The first-order valence-corrected chi connectivity index (χ1v) is 13.2. The van der Waals surface area contributed by atoms with Crippen LogP contribution in [0.1, 0.15) is 29.8 Å². The van der Waals surface area contributed by atoms with Crippen molar-refractivity contribution in [3.63, 3.8) is 0 Å². The van der Waals surface area contributed by atoms with Crippen LogP contribution < -0.4 is 20.4 Å². The maximum absolute atomic E-state index is 15.6. The van der Waals surface area contributed by atoms with Crippen molar-refractivity contribution in [3.05, 3.63) is 65.5 Å². The Morgan fingerprint density at radius 2 is 1.66 bits per heavy atom. The van der Waals surface area contributed by atoms with Crippen LogP contribution in [0.25, 0.3) is 11.1 Å². The van der Waals surface area contributed by atoms with Crippen LogP contribution in [0.4, 0.5) is 39.3 Å². The normalized spacial score (nSPS) is 19.8. The lowest BCUT2D eigenvalue weighted by Gasteiger charge is -2.38. The number of benzene rings is 2. The fourth-order valence-corrected chi connectivity index (χ4v) is 5.19. The van der Waals surface area contributed by atoms with Gasteiger partial charge in [0.2, 0.25) is 5.95 Å². The van der Waals surface area contributed by atoms with Gasteiger partial charge >= 0.3 is 6.18 Å². The van der Waals surface area contributed by atoms with Gasteiger partial charge in [0.1, 0.15) is 11.6 Å². The summed E-state index contributed by atoms with van der Waals surface area (Å²) in [5.41, 5.74) is -1.37. The summed E-state index contributed by atoms with van der Waals surface area (Å²) in [7, 11) is 0. The van der Waals surface area contributed by atoms with Crippen LogP contribution in [-0.4, -0.2) is 67.4 Å². The summed E-state index contributed by atoms with van der Waals surface area (Å²) < 4.78 is 75.6. The molecule has 218 valence electrons. The number of amides is 1. The Morgan fingerprint density at radius 1 is 1.00 bits per heavy atom. The topological polar surface area (TPSA) is 82.6 Å². The third kappa shape index (κ3) is 6.41. The number of carbonyl (C=O) groups is 1. The quantitative estimate of drug-likeness (QED) is 0.426. The van der Waals surface area contributed by atoms with Gasteiger partial charge in [0, 0.05) is 61.8 Å². The lowest BCUT2D eigenvalue weighted by Crippen LogP contribution is -2.54. The number of anilines is 3. The Hall–Kier alpha value is -3.84. The van der Waals surface area contributed by atoms with Gasteiger partial charge in [-0.3, -0.25) is 4.79 Å². The number of morpholine rings is 1. The van der Waals surface area contributed by atoms with E-state index in [9.17, 15) is 22.4 Å². The first-order chi connectivity index (χ1) is 19.5. The fraction of sp³-hybridized carbons (Fsp3) is 0.393. The molecule has 2 N–H and O–H groups in total. The molecule has 0 radical (unpaired) electrons. The number of piperazine rings is 1. The number of rotatable bonds is 5. The summed E-state index contributed by atoms with van der Waals surface area (Å²) in [5.74, 6) is -2.38. The van der Waals surface area contributed by atoms with E-state index in [1.807, 2.05) is 23.6 Å². The average Bonchev–Trinajstić information content (AvgIpc) is 2.93. The molecule has 2 saturated heterocycles. The summed E-state index contributed by atoms with van der Waals surface area (Å²) >= 11 is 0. The van der Waals surface area contributed by atoms with Crippen molar-refractivity contribution in [1.29, 1.82) is 0 Å². The molecule has 2 aliphatic heterocycles. The van der Waals surface area contributed by atoms with Crippen LogP contribution in [0.3, 0.4) is 0 Å². The van der Waals surface area contributed by atoms with Crippen molar-refractivity contribution in [2.75, 3.05) is 54.5 Å². The lowest BCUT2D eigenvalue weighted by molar-refractivity contribution is -0.138. The fourth-order valence-electron chi connectivity index (χ4n) is 5.19. The van der Waals surface area contributed by atoms with E-state index in [-0.39, 0.29) is 29.4 Å². The molecule has 5 rings (SSSR count). The SMILES string of the molecule is CC1CN(c2cc(F)c(-c3cnc(N4CCOCC4)nc3)cc2NC(=O)c2ccc(F)cc2C(F)(F)F)C[C@@H](C)N1. The predicted molar refractivity (Wildman–Crippen MR) is 144 cm³/mol. The van der Waals surface area contributed by atoms with Crippen LogP contribution in [0.15, 0.2) is 42.7 Å². The van der Waals surface area contributed by atoms with Gasteiger partial charge < -0.3 is 25.2 Å². The molecule has 0 saturated carbocycles. The zero-order valence-corrected chi connectivity index (χ0v) is 22.4. The Morgan fingerprint density at radius 3 is 2.29 bits per heavy atom. The van der Waals surface area contributed by atoms with E-state index < -0.39 is 34.8 Å². The van der Waals surface area contributed by atoms with Crippen LogP contribution >= 0.6 is 0 Å². The van der Waals surface area contributed by atoms with Gasteiger partial charge in [0.25, 0.3) is 5.91 Å².